The van der Waals surface area contributed by atoms with Crippen LogP contribution in [0.2, 0.25) is 0 Å². The number of fused-ring (bicyclic) bond motifs is 2. The maximum absolute atomic E-state index is 2.50. The first-order chi connectivity index (χ1) is 6.37. The minimum atomic E-state index is 0. The number of hydrogen-bond acceptors (Lipinski definition) is 0. The molecule has 0 radical (unpaired) electrons. The molecule has 1 fully saturated rings. The van der Waals surface area contributed by atoms with Crippen molar-refractivity contribution in [3.05, 3.63) is 12.2 Å². The lowest BCUT2D eigenvalue weighted by molar-refractivity contribution is 0.153. The van der Waals surface area contributed by atoms with E-state index in [0.29, 0.717) is 16.2 Å². The molecule has 0 nitrogen and oxygen atoms in total. The highest BCUT2D eigenvalue weighted by Gasteiger charge is 2.53. The van der Waals surface area contributed by atoms with Gasteiger partial charge in [0.25, 0.3) is 0 Å². The van der Waals surface area contributed by atoms with Crippen LogP contribution in [0.4, 0.5) is 0 Å². The van der Waals surface area contributed by atoms with E-state index in [-0.39, 0.29) is 37.1 Å². The molecule has 1 saturated carbocycles. The third kappa shape index (κ3) is 5.32. The fraction of sp³-hybridized carbons (Fsp3) is 0.895. The summed E-state index contributed by atoms with van der Waals surface area (Å²) in [6, 6.07) is 0. The SMILES string of the molecule is C.C.C.C.C.CC.CC12C=CC(C(C)(C)C)(CC1)C2. The van der Waals surface area contributed by atoms with Gasteiger partial charge in [-0.3, -0.25) is 0 Å². The second-order valence-electron chi connectivity index (χ2n) is 6.07. The summed E-state index contributed by atoms with van der Waals surface area (Å²) in [6.07, 6.45) is 9.16. The molecule has 2 aliphatic carbocycles. The van der Waals surface area contributed by atoms with E-state index in [1.165, 1.54) is 19.3 Å². The second-order valence-corrected chi connectivity index (χ2v) is 6.07. The third-order valence-electron chi connectivity index (χ3n) is 4.16. The third-order valence-corrected chi connectivity index (χ3v) is 4.16. The van der Waals surface area contributed by atoms with Crippen LogP contribution >= 0.6 is 0 Å². The summed E-state index contributed by atoms with van der Waals surface area (Å²) < 4.78 is 0. The van der Waals surface area contributed by atoms with Crippen molar-refractivity contribution in [2.45, 2.75) is 97.9 Å². The molecule has 19 heavy (non-hydrogen) atoms. The second kappa shape index (κ2) is 9.61. The molecule has 0 aromatic carbocycles. The Morgan fingerprint density at radius 2 is 1.21 bits per heavy atom. The van der Waals surface area contributed by atoms with Crippen molar-refractivity contribution in [1.82, 2.24) is 0 Å². The van der Waals surface area contributed by atoms with Gasteiger partial charge in [0, 0.05) is 0 Å². The zero-order chi connectivity index (χ0) is 11.0. The Morgan fingerprint density at radius 1 is 0.789 bits per heavy atom. The quantitative estimate of drug-likeness (QED) is 0.393. The Kier molecular flexibility index (Phi) is 15.8. The lowest BCUT2D eigenvalue weighted by Crippen LogP contribution is -2.29. The van der Waals surface area contributed by atoms with Crippen LogP contribution in [0.5, 0.6) is 0 Å². The molecule has 2 unspecified atom stereocenters. The lowest BCUT2D eigenvalue weighted by Gasteiger charge is -2.38. The molecule has 0 spiro atoms. The minimum Gasteiger partial charge on any atom is -0.0820 e. The normalized spacial score (nSPS) is 29.2. The van der Waals surface area contributed by atoms with Crippen LogP contribution < -0.4 is 0 Å². The molecule has 122 valence electrons. The summed E-state index contributed by atoms with van der Waals surface area (Å²) in [6.45, 7) is 13.6. The summed E-state index contributed by atoms with van der Waals surface area (Å²) >= 11 is 0. The van der Waals surface area contributed by atoms with E-state index in [9.17, 15) is 0 Å². The molecule has 2 aliphatic rings. The van der Waals surface area contributed by atoms with Crippen molar-refractivity contribution in [1.29, 1.82) is 0 Å². The zero-order valence-corrected chi connectivity index (χ0v) is 10.8. The summed E-state index contributed by atoms with van der Waals surface area (Å²) in [5.74, 6) is 0. The molecular weight excluding hydrogens is 228 g/mol. The van der Waals surface area contributed by atoms with Gasteiger partial charge in [0.1, 0.15) is 0 Å². The fourth-order valence-corrected chi connectivity index (χ4v) is 2.94. The molecule has 0 amide bonds. The summed E-state index contributed by atoms with van der Waals surface area (Å²) in [7, 11) is 0. The van der Waals surface area contributed by atoms with Crippen LogP contribution in [0.3, 0.4) is 0 Å². The van der Waals surface area contributed by atoms with E-state index in [0.717, 1.165) is 0 Å². The van der Waals surface area contributed by atoms with Gasteiger partial charge in [-0.1, -0.05) is 90.8 Å². The highest BCUT2D eigenvalue weighted by Crippen LogP contribution is 2.63. The molecule has 2 rings (SSSR count). The summed E-state index contributed by atoms with van der Waals surface area (Å²) in [5.41, 5.74) is 1.53. The number of rotatable bonds is 0. The first-order valence-electron chi connectivity index (χ1n) is 6.07. The van der Waals surface area contributed by atoms with Crippen molar-refractivity contribution in [3.63, 3.8) is 0 Å². The minimum absolute atomic E-state index is 0. The maximum atomic E-state index is 2.50. The Bertz CT molecular complexity index is 231. The Morgan fingerprint density at radius 3 is 1.32 bits per heavy atom. The van der Waals surface area contributed by atoms with Crippen LogP contribution in [-0.2, 0) is 0 Å². The fourth-order valence-electron chi connectivity index (χ4n) is 2.94. The van der Waals surface area contributed by atoms with Crippen molar-refractivity contribution in [3.8, 4) is 0 Å². The van der Waals surface area contributed by atoms with E-state index in [2.05, 4.69) is 39.8 Å². The van der Waals surface area contributed by atoms with Crippen molar-refractivity contribution < 1.29 is 0 Å². The first kappa shape index (κ1) is 31.2. The van der Waals surface area contributed by atoms with Crippen molar-refractivity contribution in [2.24, 2.45) is 16.2 Å². The number of allylic oxidation sites excluding steroid dienone is 2. The average molecular weight is 275 g/mol. The van der Waals surface area contributed by atoms with Gasteiger partial charge in [-0.2, -0.15) is 0 Å². The molecule has 0 aromatic rings. The van der Waals surface area contributed by atoms with Gasteiger partial charge >= 0.3 is 0 Å². The summed E-state index contributed by atoms with van der Waals surface area (Å²) in [4.78, 5) is 0. The summed E-state index contributed by atoms with van der Waals surface area (Å²) in [5, 5.41) is 0. The standard InChI is InChI=1S/C12H20.C2H6.5CH4/c1-10(2,3)12-7-5-11(4,9-12)6-8-12;1-2;;;;;/h5,7H,6,8-9H2,1-4H3;1-2H3;5*1H4. The molecule has 0 aliphatic heterocycles. The highest BCUT2D eigenvalue weighted by molar-refractivity contribution is 5.23. The first-order valence-corrected chi connectivity index (χ1v) is 6.07. The molecule has 0 saturated heterocycles. The van der Waals surface area contributed by atoms with Crippen LogP contribution in [0.15, 0.2) is 12.2 Å². The van der Waals surface area contributed by atoms with Gasteiger partial charge in [0.2, 0.25) is 0 Å². The highest BCUT2D eigenvalue weighted by atomic mass is 14.6. The molecular formula is C19H46. The van der Waals surface area contributed by atoms with E-state index in [4.69, 9.17) is 0 Å². The average Bonchev–Trinajstić information content (AvgIpc) is 2.61. The molecule has 0 N–H and O–H groups in total. The van der Waals surface area contributed by atoms with Crippen LogP contribution in [0, 0.1) is 16.2 Å². The van der Waals surface area contributed by atoms with Crippen molar-refractivity contribution >= 4 is 0 Å². The molecule has 0 heterocycles. The van der Waals surface area contributed by atoms with Gasteiger partial charge in [-0.05, 0) is 35.5 Å². The zero-order valence-electron chi connectivity index (χ0n) is 10.8. The molecule has 2 bridgehead atoms. The topological polar surface area (TPSA) is 0 Å². The van der Waals surface area contributed by atoms with Crippen molar-refractivity contribution in [2.75, 3.05) is 0 Å². The Balaban J connectivity index is -0.0000000894. The molecule has 2 atom stereocenters. The van der Waals surface area contributed by atoms with Gasteiger partial charge in [0.05, 0.1) is 0 Å². The molecule has 0 heteroatoms. The van der Waals surface area contributed by atoms with Crippen LogP contribution in [0.1, 0.15) is 97.9 Å². The van der Waals surface area contributed by atoms with E-state index >= 15 is 0 Å². The smallest absolute Gasteiger partial charge is 0.00611 e. The van der Waals surface area contributed by atoms with Crippen LogP contribution in [-0.4, -0.2) is 0 Å². The lowest BCUT2D eigenvalue weighted by atomic mass is 9.66. The monoisotopic (exact) mass is 274 g/mol. The van der Waals surface area contributed by atoms with Gasteiger partial charge in [0.15, 0.2) is 0 Å². The van der Waals surface area contributed by atoms with E-state index in [1.807, 2.05) is 13.8 Å². The van der Waals surface area contributed by atoms with E-state index in [1.54, 1.807) is 0 Å². The maximum Gasteiger partial charge on any atom is -0.00611 e. The van der Waals surface area contributed by atoms with Crippen LogP contribution in [0.25, 0.3) is 0 Å². The number of hydrogen-bond donors (Lipinski definition) is 0. The van der Waals surface area contributed by atoms with Gasteiger partial charge < -0.3 is 0 Å². The largest absolute Gasteiger partial charge is 0.0820 e. The predicted molar refractivity (Wildman–Crippen MR) is 98.0 cm³/mol. The Hall–Kier alpha value is -0.260. The Labute approximate surface area is 127 Å². The van der Waals surface area contributed by atoms with E-state index < -0.39 is 0 Å². The predicted octanol–water partition coefficient (Wildman–Crippen LogP) is 7.99. The molecule has 0 aromatic heterocycles. The van der Waals surface area contributed by atoms with Gasteiger partial charge in [-0.25, -0.2) is 0 Å². The van der Waals surface area contributed by atoms with Gasteiger partial charge in [-0.15, -0.1) is 0 Å².